The highest BCUT2D eigenvalue weighted by atomic mass is 19.4. The number of hydrogen-bond donors (Lipinski definition) is 0. The molecule has 2 rings (SSSR count). The molecule has 0 saturated heterocycles. The lowest BCUT2D eigenvalue weighted by Crippen LogP contribution is -2.21. The van der Waals surface area contributed by atoms with Crippen LogP contribution in [0.5, 0.6) is 5.75 Å². The van der Waals surface area contributed by atoms with E-state index < -0.39 is 6.36 Å². The van der Waals surface area contributed by atoms with Crippen molar-refractivity contribution in [3.8, 4) is 5.75 Å². The lowest BCUT2D eigenvalue weighted by Gasteiger charge is -2.31. The number of halogens is 3. The van der Waals surface area contributed by atoms with E-state index in [2.05, 4.69) is 4.74 Å². The molecule has 122 valence electrons. The standard InChI is InChI=1S/C16H19F3O3/c1-21-15(20)10-12-4-2-3-5-14(12)11-6-8-13(9-7-11)22-16(17,18)19/h6-9,12,14H,2-5,10H2,1H3/t12-,14?/m1/s1. The molecule has 1 aliphatic rings. The van der Waals surface area contributed by atoms with Crippen molar-refractivity contribution in [3.63, 3.8) is 0 Å². The molecule has 0 bridgehead atoms. The lowest BCUT2D eigenvalue weighted by molar-refractivity contribution is -0.274. The topological polar surface area (TPSA) is 35.5 Å². The van der Waals surface area contributed by atoms with Gasteiger partial charge in [0.25, 0.3) is 0 Å². The fourth-order valence-electron chi connectivity index (χ4n) is 3.10. The molecule has 1 saturated carbocycles. The Morgan fingerprint density at radius 3 is 2.41 bits per heavy atom. The molecule has 22 heavy (non-hydrogen) atoms. The highest BCUT2D eigenvalue weighted by Gasteiger charge is 2.32. The number of esters is 1. The summed E-state index contributed by atoms with van der Waals surface area (Å²) in [5.74, 6) is -0.117. The normalized spacial score (nSPS) is 22.2. The predicted molar refractivity (Wildman–Crippen MR) is 74.5 cm³/mol. The maximum Gasteiger partial charge on any atom is 0.573 e. The molecular formula is C16H19F3O3. The maximum absolute atomic E-state index is 12.2. The largest absolute Gasteiger partial charge is 0.573 e. The first-order chi connectivity index (χ1) is 10.4. The van der Waals surface area contributed by atoms with Gasteiger partial charge < -0.3 is 9.47 Å². The van der Waals surface area contributed by atoms with E-state index in [0.29, 0.717) is 6.42 Å². The summed E-state index contributed by atoms with van der Waals surface area (Å²) in [6.07, 6.45) is -0.347. The van der Waals surface area contributed by atoms with Gasteiger partial charge in [-0.25, -0.2) is 0 Å². The number of methoxy groups -OCH3 is 1. The second kappa shape index (κ2) is 7.03. The fraction of sp³-hybridized carbons (Fsp3) is 0.562. The van der Waals surface area contributed by atoms with Crippen LogP contribution in [0.25, 0.3) is 0 Å². The van der Waals surface area contributed by atoms with Gasteiger partial charge in [0.1, 0.15) is 5.75 Å². The average Bonchev–Trinajstić information content (AvgIpc) is 2.47. The molecule has 6 heteroatoms. The van der Waals surface area contributed by atoms with Crippen LogP contribution in [-0.4, -0.2) is 19.4 Å². The summed E-state index contributed by atoms with van der Waals surface area (Å²) < 4.78 is 45.1. The van der Waals surface area contributed by atoms with Crippen LogP contribution < -0.4 is 4.74 Å². The summed E-state index contributed by atoms with van der Waals surface area (Å²) in [6.45, 7) is 0. The van der Waals surface area contributed by atoms with Crippen molar-refractivity contribution in [2.75, 3.05) is 7.11 Å². The quantitative estimate of drug-likeness (QED) is 0.771. The molecule has 2 atom stereocenters. The van der Waals surface area contributed by atoms with Gasteiger partial charge in [-0.1, -0.05) is 25.0 Å². The van der Waals surface area contributed by atoms with Gasteiger partial charge in [-0.3, -0.25) is 4.79 Å². The van der Waals surface area contributed by atoms with Gasteiger partial charge in [-0.05, 0) is 42.4 Å². The number of carbonyl (C=O) groups excluding carboxylic acids is 1. The minimum atomic E-state index is -4.68. The second-order valence-electron chi connectivity index (χ2n) is 5.55. The Kier molecular flexibility index (Phi) is 5.32. The number of carbonyl (C=O) groups is 1. The third-order valence-corrected chi connectivity index (χ3v) is 4.11. The Hall–Kier alpha value is -1.72. The molecule has 1 aromatic carbocycles. The maximum atomic E-state index is 12.2. The summed E-state index contributed by atoms with van der Waals surface area (Å²) in [5.41, 5.74) is 0.947. The van der Waals surface area contributed by atoms with Crippen LogP contribution in [0, 0.1) is 5.92 Å². The molecule has 0 amide bonds. The Morgan fingerprint density at radius 2 is 1.82 bits per heavy atom. The zero-order chi connectivity index (χ0) is 16.2. The second-order valence-corrected chi connectivity index (χ2v) is 5.55. The smallest absolute Gasteiger partial charge is 0.469 e. The summed E-state index contributed by atoms with van der Waals surface area (Å²) >= 11 is 0. The van der Waals surface area contributed by atoms with E-state index >= 15 is 0 Å². The molecule has 0 spiro atoms. The molecule has 1 unspecified atom stereocenters. The van der Waals surface area contributed by atoms with Crippen molar-refractivity contribution < 1.29 is 27.4 Å². The number of rotatable bonds is 4. The van der Waals surface area contributed by atoms with E-state index in [1.165, 1.54) is 19.2 Å². The highest BCUT2D eigenvalue weighted by molar-refractivity contribution is 5.69. The van der Waals surface area contributed by atoms with Crippen LogP contribution in [-0.2, 0) is 9.53 Å². The van der Waals surface area contributed by atoms with E-state index in [-0.39, 0.29) is 23.6 Å². The molecule has 1 aliphatic carbocycles. The average molecular weight is 316 g/mol. The molecule has 0 aliphatic heterocycles. The Bertz CT molecular complexity index is 496. The Labute approximate surface area is 127 Å². The summed E-state index contributed by atoms with van der Waals surface area (Å²) in [7, 11) is 1.36. The number of benzene rings is 1. The van der Waals surface area contributed by atoms with E-state index in [0.717, 1.165) is 31.2 Å². The predicted octanol–water partition coefficient (Wildman–Crippen LogP) is 4.42. The van der Waals surface area contributed by atoms with Crippen LogP contribution in [0.3, 0.4) is 0 Å². The van der Waals surface area contributed by atoms with E-state index in [1.54, 1.807) is 12.1 Å². The third kappa shape index (κ3) is 4.64. The van der Waals surface area contributed by atoms with Gasteiger partial charge in [0, 0.05) is 6.42 Å². The minimum Gasteiger partial charge on any atom is -0.469 e. The van der Waals surface area contributed by atoms with Gasteiger partial charge in [0.15, 0.2) is 0 Å². The molecule has 3 nitrogen and oxygen atoms in total. The minimum absolute atomic E-state index is 0.174. The van der Waals surface area contributed by atoms with Crippen LogP contribution in [0.2, 0.25) is 0 Å². The van der Waals surface area contributed by atoms with E-state index in [4.69, 9.17) is 4.74 Å². The van der Waals surface area contributed by atoms with E-state index in [9.17, 15) is 18.0 Å². The molecule has 0 aromatic heterocycles. The Balaban J connectivity index is 2.09. The van der Waals surface area contributed by atoms with Crippen molar-refractivity contribution in [2.45, 2.75) is 44.4 Å². The lowest BCUT2D eigenvalue weighted by atomic mass is 9.74. The number of alkyl halides is 3. The van der Waals surface area contributed by atoms with Gasteiger partial charge in [0.2, 0.25) is 0 Å². The first kappa shape index (κ1) is 16.6. The first-order valence-corrected chi connectivity index (χ1v) is 7.31. The van der Waals surface area contributed by atoms with Crippen LogP contribution in [0.15, 0.2) is 24.3 Å². The molecule has 0 heterocycles. The molecular weight excluding hydrogens is 297 g/mol. The zero-order valence-electron chi connectivity index (χ0n) is 12.4. The van der Waals surface area contributed by atoms with E-state index in [1.807, 2.05) is 0 Å². The van der Waals surface area contributed by atoms with Crippen molar-refractivity contribution in [3.05, 3.63) is 29.8 Å². The van der Waals surface area contributed by atoms with Gasteiger partial charge in [-0.15, -0.1) is 13.2 Å². The van der Waals surface area contributed by atoms with Crippen LogP contribution in [0.4, 0.5) is 13.2 Å². The summed E-state index contributed by atoms with van der Waals surface area (Å²) in [4.78, 5) is 11.5. The summed E-state index contributed by atoms with van der Waals surface area (Å²) in [6, 6.07) is 5.96. The monoisotopic (exact) mass is 316 g/mol. The zero-order valence-corrected chi connectivity index (χ0v) is 12.4. The van der Waals surface area contributed by atoms with Crippen molar-refractivity contribution in [1.29, 1.82) is 0 Å². The van der Waals surface area contributed by atoms with Crippen LogP contribution in [0.1, 0.15) is 43.6 Å². The molecule has 1 fully saturated rings. The van der Waals surface area contributed by atoms with Crippen molar-refractivity contribution >= 4 is 5.97 Å². The summed E-state index contributed by atoms with van der Waals surface area (Å²) in [5, 5.41) is 0. The van der Waals surface area contributed by atoms with Crippen molar-refractivity contribution in [1.82, 2.24) is 0 Å². The molecule has 1 aromatic rings. The fourth-order valence-corrected chi connectivity index (χ4v) is 3.10. The van der Waals surface area contributed by atoms with Crippen molar-refractivity contribution in [2.24, 2.45) is 5.92 Å². The van der Waals surface area contributed by atoms with Gasteiger partial charge in [0.05, 0.1) is 7.11 Å². The SMILES string of the molecule is COC(=O)C[C@H]1CCCCC1c1ccc(OC(F)(F)F)cc1. The molecule has 0 radical (unpaired) electrons. The third-order valence-electron chi connectivity index (χ3n) is 4.11. The molecule has 0 N–H and O–H groups in total. The number of hydrogen-bond acceptors (Lipinski definition) is 3. The Morgan fingerprint density at radius 1 is 1.18 bits per heavy atom. The highest BCUT2D eigenvalue weighted by Crippen LogP contribution is 2.40. The van der Waals surface area contributed by atoms with Crippen LogP contribution >= 0.6 is 0 Å². The van der Waals surface area contributed by atoms with Gasteiger partial charge >= 0.3 is 12.3 Å². The van der Waals surface area contributed by atoms with Gasteiger partial charge in [-0.2, -0.15) is 0 Å². The number of ether oxygens (including phenoxy) is 2. The first-order valence-electron chi connectivity index (χ1n) is 7.31.